The summed E-state index contributed by atoms with van der Waals surface area (Å²) in [4.78, 5) is 28.5. The van der Waals surface area contributed by atoms with Crippen molar-refractivity contribution in [3.8, 4) is 11.5 Å². The van der Waals surface area contributed by atoms with E-state index in [2.05, 4.69) is 30.3 Å². The van der Waals surface area contributed by atoms with Crippen LogP contribution in [-0.4, -0.2) is 58.7 Å². The molecule has 5 rings (SSSR count). The second-order valence-corrected chi connectivity index (χ2v) is 10.7. The van der Waals surface area contributed by atoms with E-state index in [0.717, 1.165) is 16.5 Å². The van der Waals surface area contributed by atoms with Crippen LogP contribution in [-0.2, 0) is 17.8 Å². The largest absolute Gasteiger partial charge is 0.494 e. The number of carboxylic acids is 1. The Morgan fingerprint density at radius 1 is 0.951 bits per heavy atom. The highest BCUT2D eigenvalue weighted by atomic mass is 19.1. The van der Waals surface area contributed by atoms with E-state index in [0.29, 0.717) is 31.9 Å². The number of carbonyl (C=O) groups is 2. The fraction of sp³-hybridized carbons (Fsp3) is 0.273. The van der Waals surface area contributed by atoms with E-state index in [1.54, 1.807) is 29.2 Å². The van der Waals surface area contributed by atoms with Gasteiger partial charge in [0, 0.05) is 33.0 Å². The molecule has 7 nitrogen and oxygen atoms in total. The highest BCUT2D eigenvalue weighted by Crippen LogP contribution is 2.26. The van der Waals surface area contributed by atoms with Gasteiger partial charge in [0.1, 0.15) is 17.3 Å². The summed E-state index contributed by atoms with van der Waals surface area (Å²) in [5.74, 6) is -0.603. The number of aliphatic carboxylic acids is 1. The molecule has 2 atom stereocenters. The minimum atomic E-state index is -1.53. The summed E-state index contributed by atoms with van der Waals surface area (Å²) in [6.45, 7) is 3.12. The van der Waals surface area contributed by atoms with Gasteiger partial charge in [-0.25, -0.2) is 14.0 Å². The lowest BCUT2D eigenvalue weighted by Gasteiger charge is -2.26. The molecular weight excluding hydrogens is 523 g/mol. The van der Waals surface area contributed by atoms with Crippen LogP contribution in [0, 0.1) is 5.82 Å². The van der Waals surface area contributed by atoms with E-state index in [4.69, 9.17) is 9.47 Å². The number of halogens is 1. The summed E-state index contributed by atoms with van der Waals surface area (Å²) in [6.07, 6.45) is 0.794. The number of fused-ring (bicyclic) bond motifs is 1. The predicted molar refractivity (Wildman–Crippen MR) is 155 cm³/mol. The summed E-state index contributed by atoms with van der Waals surface area (Å²) in [6, 6.07) is 27.0. The highest BCUT2D eigenvalue weighted by Gasteiger charge is 2.36. The number of nitrogens with zero attached hydrogens (tertiary/aromatic N) is 2. The number of likely N-dealkylation sites (N-methyl/N-ethyl adjacent to an activating group) is 1. The molecule has 1 aliphatic rings. The van der Waals surface area contributed by atoms with Gasteiger partial charge in [-0.15, -0.1) is 0 Å². The molecule has 4 aromatic rings. The van der Waals surface area contributed by atoms with Crippen molar-refractivity contribution >= 4 is 22.8 Å². The zero-order valence-electron chi connectivity index (χ0n) is 23.1. The van der Waals surface area contributed by atoms with Gasteiger partial charge in [-0.2, -0.15) is 0 Å². The fourth-order valence-electron chi connectivity index (χ4n) is 5.13. The van der Waals surface area contributed by atoms with Gasteiger partial charge < -0.3 is 24.4 Å². The molecule has 41 heavy (non-hydrogen) atoms. The average Bonchev–Trinajstić information content (AvgIpc) is 3.22. The Bertz CT molecular complexity index is 1530. The number of ether oxygens (including phenoxy) is 2. The van der Waals surface area contributed by atoms with Crippen LogP contribution in [0.3, 0.4) is 0 Å². The lowest BCUT2D eigenvalue weighted by atomic mass is 9.96. The number of carboxylic acid groups (broad SMARTS) is 1. The fourth-order valence-corrected chi connectivity index (χ4v) is 5.13. The standard InChI is InChI=1S/C33H33FN2O5/c1-33(31(37)38,41-30-15-11-27(34)12-16-30)20-23-8-13-29(14-9-23)40-18-17-28-22-36(32(39)35(28)2)21-24-7-10-25-5-3-4-6-26(25)19-24/h3-16,19,28H,17-18,20-22H2,1-2H3,(H,37,38)/t28-,33-/m0/s1. The quantitative estimate of drug-likeness (QED) is 0.240. The van der Waals surface area contributed by atoms with E-state index in [1.165, 1.54) is 36.6 Å². The van der Waals surface area contributed by atoms with Gasteiger partial charge in [0.2, 0.25) is 5.60 Å². The first kappa shape index (κ1) is 28.0. The number of hydrogen-bond acceptors (Lipinski definition) is 4. The highest BCUT2D eigenvalue weighted by molar-refractivity contribution is 5.83. The second kappa shape index (κ2) is 11.9. The third kappa shape index (κ3) is 6.60. The van der Waals surface area contributed by atoms with Crippen molar-refractivity contribution in [3.63, 3.8) is 0 Å². The van der Waals surface area contributed by atoms with Gasteiger partial charge in [-0.3, -0.25) is 0 Å². The van der Waals surface area contributed by atoms with E-state index < -0.39 is 17.4 Å². The van der Waals surface area contributed by atoms with E-state index >= 15 is 0 Å². The van der Waals surface area contributed by atoms with Crippen LogP contribution in [0.5, 0.6) is 11.5 Å². The molecule has 0 bridgehead atoms. The van der Waals surface area contributed by atoms with Crippen molar-refractivity contribution in [1.82, 2.24) is 9.80 Å². The summed E-state index contributed by atoms with van der Waals surface area (Å²) in [5.41, 5.74) is 0.331. The van der Waals surface area contributed by atoms with Gasteiger partial charge in [-0.05, 0) is 71.3 Å². The molecule has 1 aliphatic heterocycles. The Morgan fingerprint density at radius 2 is 1.61 bits per heavy atom. The zero-order valence-corrected chi connectivity index (χ0v) is 23.1. The number of benzene rings is 4. The summed E-state index contributed by atoms with van der Waals surface area (Å²) in [7, 11) is 1.83. The molecule has 0 spiro atoms. The molecule has 0 aliphatic carbocycles. The molecule has 8 heteroatoms. The summed E-state index contributed by atoms with van der Waals surface area (Å²) < 4.78 is 24.9. The third-order valence-corrected chi connectivity index (χ3v) is 7.53. The molecule has 1 heterocycles. The van der Waals surface area contributed by atoms with Crippen molar-refractivity contribution in [3.05, 3.63) is 108 Å². The summed E-state index contributed by atoms with van der Waals surface area (Å²) >= 11 is 0. The average molecular weight is 557 g/mol. The zero-order chi connectivity index (χ0) is 29.0. The van der Waals surface area contributed by atoms with Crippen LogP contribution in [0.15, 0.2) is 91.0 Å². The lowest BCUT2D eigenvalue weighted by molar-refractivity contribution is -0.153. The molecule has 2 amide bonds. The monoisotopic (exact) mass is 556 g/mol. The molecule has 4 aromatic carbocycles. The maximum atomic E-state index is 13.2. The van der Waals surface area contributed by atoms with Crippen LogP contribution in [0.1, 0.15) is 24.5 Å². The molecule has 0 saturated carbocycles. The number of hydrogen-bond donors (Lipinski definition) is 1. The van der Waals surface area contributed by atoms with Crippen molar-refractivity contribution in [2.24, 2.45) is 0 Å². The molecule has 1 N–H and O–H groups in total. The second-order valence-electron chi connectivity index (χ2n) is 10.7. The van der Waals surface area contributed by atoms with Gasteiger partial charge in [-0.1, -0.05) is 48.5 Å². The van der Waals surface area contributed by atoms with Crippen LogP contribution in [0.25, 0.3) is 10.8 Å². The molecule has 0 unspecified atom stereocenters. The summed E-state index contributed by atoms with van der Waals surface area (Å²) in [5, 5.41) is 12.2. The smallest absolute Gasteiger partial charge is 0.348 e. The van der Waals surface area contributed by atoms with Crippen molar-refractivity contribution in [1.29, 1.82) is 0 Å². The van der Waals surface area contributed by atoms with Gasteiger partial charge in [0.25, 0.3) is 0 Å². The first-order valence-corrected chi connectivity index (χ1v) is 13.6. The first-order chi connectivity index (χ1) is 19.7. The van der Waals surface area contributed by atoms with Crippen LogP contribution in [0.2, 0.25) is 0 Å². The van der Waals surface area contributed by atoms with Gasteiger partial charge >= 0.3 is 12.0 Å². The third-order valence-electron chi connectivity index (χ3n) is 7.53. The Kier molecular flexibility index (Phi) is 8.10. The lowest BCUT2D eigenvalue weighted by Crippen LogP contribution is -2.43. The molecule has 1 fully saturated rings. The molecular formula is C33H33FN2O5. The Hall–Kier alpha value is -4.59. The van der Waals surface area contributed by atoms with E-state index in [1.807, 2.05) is 24.1 Å². The van der Waals surface area contributed by atoms with Crippen molar-refractivity contribution in [2.45, 2.75) is 38.0 Å². The molecule has 0 radical (unpaired) electrons. The Morgan fingerprint density at radius 3 is 2.32 bits per heavy atom. The number of rotatable bonds is 11. The van der Waals surface area contributed by atoms with Gasteiger partial charge in [0.05, 0.1) is 12.6 Å². The number of amides is 2. The van der Waals surface area contributed by atoms with Crippen LogP contribution in [0.4, 0.5) is 9.18 Å². The molecule has 1 saturated heterocycles. The van der Waals surface area contributed by atoms with Crippen molar-refractivity contribution < 1.29 is 28.6 Å². The Balaban J connectivity index is 1.13. The number of carbonyl (C=O) groups excluding carboxylic acids is 1. The van der Waals surface area contributed by atoms with E-state index in [-0.39, 0.29) is 24.2 Å². The molecule has 0 aromatic heterocycles. The van der Waals surface area contributed by atoms with Crippen LogP contribution < -0.4 is 9.47 Å². The minimum Gasteiger partial charge on any atom is -0.494 e. The number of urea groups is 1. The van der Waals surface area contributed by atoms with Gasteiger partial charge in [0.15, 0.2) is 0 Å². The topological polar surface area (TPSA) is 79.3 Å². The van der Waals surface area contributed by atoms with E-state index in [9.17, 15) is 19.1 Å². The Labute approximate surface area is 238 Å². The minimum absolute atomic E-state index is 0.0110. The maximum absolute atomic E-state index is 13.2. The SMILES string of the molecule is CN1C(=O)N(Cc2ccc3ccccc3c2)C[C@@H]1CCOc1ccc(C[C@](C)(Oc2ccc(F)cc2)C(=O)O)cc1. The first-order valence-electron chi connectivity index (χ1n) is 13.6. The van der Waals surface area contributed by atoms with Crippen molar-refractivity contribution in [2.75, 3.05) is 20.2 Å². The van der Waals surface area contributed by atoms with Crippen LogP contribution >= 0.6 is 0 Å². The normalized spacial score (nSPS) is 16.6. The molecule has 212 valence electrons. The maximum Gasteiger partial charge on any atom is 0.348 e. The predicted octanol–water partition coefficient (Wildman–Crippen LogP) is 6.15.